The van der Waals surface area contributed by atoms with Crippen LogP contribution >= 0.6 is 0 Å². The number of aromatic nitrogens is 3. The number of halogens is 2. The van der Waals surface area contributed by atoms with E-state index in [1.54, 1.807) is 18.4 Å². The van der Waals surface area contributed by atoms with E-state index in [0.29, 0.717) is 36.4 Å². The third-order valence-corrected chi connectivity index (χ3v) is 5.85. The Balaban J connectivity index is 1.51. The summed E-state index contributed by atoms with van der Waals surface area (Å²) in [5.41, 5.74) is 3.41. The van der Waals surface area contributed by atoms with Gasteiger partial charge in [-0.3, -0.25) is 9.19 Å². The molecule has 1 aliphatic heterocycles. The molecule has 3 heterocycles. The van der Waals surface area contributed by atoms with Crippen molar-refractivity contribution in [3.05, 3.63) is 41.2 Å². The lowest BCUT2D eigenvalue weighted by Crippen LogP contribution is -2.25. The molecule has 1 aromatic carbocycles. The first-order chi connectivity index (χ1) is 14.4. The lowest BCUT2D eigenvalue weighted by atomic mass is 10.1. The second-order valence-corrected chi connectivity index (χ2v) is 8.09. The first kappa shape index (κ1) is 20.6. The van der Waals surface area contributed by atoms with Crippen LogP contribution in [0.1, 0.15) is 16.8 Å². The molecule has 0 bridgehead atoms. The number of pyridine rings is 1. The topological polar surface area (TPSA) is 89.6 Å². The van der Waals surface area contributed by atoms with Gasteiger partial charge in [0.15, 0.2) is 10.9 Å². The fraction of sp³-hybridized carbons (Fsp3) is 0.368. The molecule has 0 aliphatic carbocycles. The van der Waals surface area contributed by atoms with E-state index < -0.39 is 17.4 Å². The molecule has 160 valence electrons. The van der Waals surface area contributed by atoms with Crippen LogP contribution in [0.5, 0.6) is 11.5 Å². The molecule has 0 saturated carbocycles. The Morgan fingerprint density at radius 2 is 2.23 bits per heavy atom. The van der Waals surface area contributed by atoms with Crippen molar-refractivity contribution in [1.29, 1.82) is 0 Å². The van der Waals surface area contributed by atoms with Gasteiger partial charge < -0.3 is 19.3 Å². The van der Waals surface area contributed by atoms with Crippen molar-refractivity contribution < 1.29 is 27.3 Å². The van der Waals surface area contributed by atoms with Crippen LogP contribution < -0.4 is 9.57 Å². The standard InChI is InChI=1S/C19H20F2N4O4S/c1-11-16(22-8-12-9-25(5-6-27-2)29-17(11)12)10-30(26)19-23-14-4-3-13(28-18(20)21)7-15(14)24-19/h3-4,7-8,18H,5-6,9-10H2,1-2H3,(H,23,24). The molecule has 3 aromatic rings. The summed E-state index contributed by atoms with van der Waals surface area (Å²) in [6.45, 7) is 0.753. The van der Waals surface area contributed by atoms with Crippen LogP contribution in [0.25, 0.3) is 11.0 Å². The van der Waals surface area contributed by atoms with Crippen LogP contribution in [-0.2, 0) is 27.8 Å². The van der Waals surface area contributed by atoms with Gasteiger partial charge in [-0.1, -0.05) is 0 Å². The zero-order valence-corrected chi connectivity index (χ0v) is 17.2. The highest BCUT2D eigenvalue weighted by Gasteiger charge is 2.25. The molecule has 1 N–H and O–H groups in total. The van der Waals surface area contributed by atoms with E-state index in [4.69, 9.17) is 9.57 Å². The van der Waals surface area contributed by atoms with Crippen molar-refractivity contribution in [3.63, 3.8) is 0 Å². The Morgan fingerprint density at radius 1 is 1.40 bits per heavy atom. The monoisotopic (exact) mass is 438 g/mol. The zero-order valence-electron chi connectivity index (χ0n) is 16.4. The summed E-state index contributed by atoms with van der Waals surface area (Å²) in [6, 6.07) is 4.32. The van der Waals surface area contributed by atoms with Crippen molar-refractivity contribution in [3.8, 4) is 11.5 Å². The third kappa shape index (κ3) is 4.27. The number of ether oxygens (including phenoxy) is 2. The second kappa shape index (κ2) is 8.62. The van der Waals surface area contributed by atoms with Gasteiger partial charge in [-0.15, -0.1) is 5.06 Å². The molecular formula is C19H20F2N4O4S. The van der Waals surface area contributed by atoms with Crippen LogP contribution in [0.4, 0.5) is 8.78 Å². The molecule has 0 radical (unpaired) electrons. The number of hydroxylamine groups is 2. The fourth-order valence-corrected chi connectivity index (χ4v) is 4.28. The molecule has 11 heteroatoms. The van der Waals surface area contributed by atoms with Crippen molar-refractivity contribution in [2.45, 2.75) is 31.0 Å². The largest absolute Gasteiger partial charge is 0.435 e. The van der Waals surface area contributed by atoms with Gasteiger partial charge in [0, 0.05) is 30.5 Å². The molecular weight excluding hydrogens is 418 g/mol. The van der Waals surface area contributed by atoms with E-state index in [0.717, 1.165) is 16.9 Å². The van der Waals surface area contributed by atoms with Crippen LogP contribution in [0.3, 0.4) is 0 Å². The number of aromatic amines is 1. The Bertz CT molecular complexity index is 1090. The molecule has 0 spiro atoms. The lowest BCUT2D eigenvalue weighted by molar-refractivity contribution is -0.0572. The average molecular weight is 438 g/mol. The molecule has 0 amide bonds. The number of nitrogens with one attached hydrogen (secondary N) is 1. The third-order valence-electron chi connectivity index (χ3n) is 4.69. The normalized spacial score (nSPS) is 14.8. The first-order valence-corrected chi connectivity index (χ1v) is 10.5. The Labute approximate surface area is 173 Å². The maximum Gasteiger partial charge on any atom is 0.387 e. The number of nitrogens with zero attached hydrogens (tertiary/aromatic N) is 3. The molecule has 30 heavy (non-hydrogen) atoms. The fourth-order valence-electron chi connectivity index (χ4n) is 3.18. The Kier molecular flexibility index (Phi) is 5.93. The van der Waals surface area contributed by atoms with Gasteiger partial charge in [0.25, 0.3) is 0 Å². The molecule has 4 rings (SSSR count). The summed E-state index contributed by atoms with van der Waals surface area (Å²) in [6.07, 6.45) is 1.73. The number of benzene rings is 1. The van der Waals surface area contributed by atoms with Crippen LogP contribution in [0.2, 0.25) is 0 Å². The highest BCUT2D eigenvalue weighted by Crippen LogP contribution is 2.33. The summed E-state index contributed by atoms with van der Waals surface area (Å²) < 4.78 is 47.1. The molecule has 1 aliphatic rings. The predicted octanol–water partition coefficient (Wildman–Crippen LogP) is 2.93. The summed E-state index contributed by atoms with van der Waals surface area (Å²) in [7, 11) is 0.121. The average Bonchev–Trinajstić information content (AvgIpc) is 3.32. The van der Waals surface area contributed by atoms with Gasteiger partial charge >= 0.3 is 6.61 Å². The highest BCUT2D eigenvalue weighted by atomic mass is 32.2. The van der Waals surface area contributed by atoms with Crippen molar-refractivity contribution in [2.75, 3.05) is 20.3 Å². The van der Waals surface area contributed by atoms with Crippen LogP contribution in [-0.4, -0.2) is 51.1 Å². The number of imidazole rings is 1. The SMILES string of the molecule is COCCN1Cc2cnc(CS(=O)c3nc4ccc(OC(F)F)cc4[nH]3)c(C)c2O1. The molecule has 0 fully saturated rings. The number of alkyl halides is 2. The minimum atomic E-state index is -2.92. The van der Waals surface area contributed by atoms with Gasteiger partial charge in [-0.05, 0) is 19.1 Å². The van der Waals surface area contributed by atoms with E-state index in [1.807, 2.05) is 6.92 Å². The number of hydrogen-bond acceptors (Lipinski definition) is 7. The van der Waals surface area contributed by atoms with E-state index in [2.05, 4.69) is 19.7 Å². The van der Waals surface area contributed by atoms with Crippen molar-refractivity contribution in [1.82, 2.24) is 20.0 Å². The Morgan fingerprint density at radius 3 is 3.00 bits per heavy atom. The number of methoxy groups -OCH3 is 1. The van der Waals surface area contributed by atoms with Gasteiger partial charge in [0.2, 0.25) is 0 Å². The second-order valence-electron chi connectivity index (χ2n) is 6.72. The highest BCUT2D eigenvalue weighted by molar-refractivity contribution is 7.84. The minimum Gasteiger partial charge on any atom is -0.435 e. The van der Waals surface area contributed by atoms with Gasteiger partial charge in [-0.2, -0.15) is 8.78 Å². The van der Waals surface area contributed by atoms with E-state index >= 15 is 0 Å². The number of hydrogen-bond donors (Lipinski definition) is 1. The first-order valence-electron chi connectivity index (χ1n) is 9.16. The predicted molar refractivity (Wildman–Crippen MR) is 105 cm³/mol. The van der Waals surface area contributed by atoms with Gasteiger partial charge in [-0.25, -0.2) is 4.98 Å². The molecule has 2 aromatic heterocycles. The van der Waals surface area contributed by atoms with E-state index in [-0.39, 0.29) is 16.7 Å². The summed E-state index contributed by atoms with van der Waals surface area (Å²) >= 11 is 0. The summed E-state index contributed by atoms with van der Waals surface area (Å²) in [5, 5.41) is 2.03. The number of H-pyrrole nitrogens is 1. The maximum atomic E-state index is 12.9. The van der Waals surface area contributed by atoms with Crippen molar-refractivity contribution >= 4 is 21.8 Å². The quantitative estimate of drug-likeness (QED) is 0.578. The lowest BCUT2D eigenvalue weighted by Gasteiger charge is -2.14. The van der Waals surface area contributed by atoms with Gasteiger partial charge in [0.1, 0.15) is 5.75 Å². The van der Waals surface area contributed by atoms with Crippen LogP contribution in [0, 0.1) is 6.92 Å². The molecule has 1 atom stereocenters. The minimum absolute atomic E-state index is 0.00444. The Hall–Kier alpha value is -2.63. The maximum absolute atomic E-state index is 12.9. The molecule has 1 unspecified atom stereocenters. The van der Waals surface area contributed by atoms with E-state index in [1.165, 1.54) is 18.2 Å². The van der Waals surface area contributed by atoms with Crippen LogP contribution in [0.15, 0.2) is 29.6 Å². The zero-order chi connectivity index (χ0) is 21.3. The summed E-state index contributed by atoms with van der Waals surface area (Å²) in [4.78, 5) is 17.5. The molecule has 0 saturated heterocycles. The van der Waals surface area contributed by atoms with Crippen molar-refractivity contribution in [2.24, 2.45) is 0 Å². The summed E-state index contributed by atoms with van der Waals surface area (Å²) in [5.74, 6) is 0.872. The number of fused-ring (bicyclic) bond motifs is 2. The number of rotatable bonds is 8. The van der Waals surface area contributed by atoms with Gasteiger partial charge in [0.05, 0.1) is 53.0 Å². The smallest absolute Gasteiger partial charge is 0.387 e. The van der Waals surface area contributed by atoms with E-state index in [9.17, 15) is 13.0 Å². The molecule has 8 nitrogen and oxygen atoms in total.